The molecule has 7 heteroatoms. The molecule has 0 aliphatic carbocycles. The SMILES string of the molecule is [B][C@H]1C[C@@H](OC(=O)C(N)=O)[C@@H](CO)O1. The quantitative estimate of drug-likeness (QED) is 0.295. The molecule has 0 aromatic heterocycles. The maximum absolute atomic E-state index is 10.8. The van der Waals surface area contributed by atoms with Gasteiger partial charge in [0, 0.05) is 12.4 Å². The number of hydrogen-bond donors (Lipinski definition) is 2. The van der Waals surface area contributed by atoms with Crippen LogP contribution in [0.15, 0.2) is 0 Å². The third-order valence-electron chi connectivity index (χ3n) is 1.87. The first-order valence-electron chi connectivity index (χ1n) is 4.07. The lowest BCUT2D eigenvalue weighted by molar-refractivity contribution is -0.160. The summed E-state index contributed by atoms with van der Waals surface area (Å²) in [6, 6.07) is -0.599. The minimum absolute atomic E-state index is 0.240. The van der Waals surface area contributed by atoms with Crippen molar-refractivity contribution in [2.75, 3.05) is 6.61 Å². The highest BCUT2D eigenvalue weighted by Gasteiger charge is 2.35. The van der Waals surface area contributed by atoms with E-state index in [0.717, 1.165) is 0 Å². The Bertz CT molecular complexity index is 246. The van der Waals surface area contributed by atoms with E-state index in [1.165, 1.54) is 0 Å². The summed E-state index contributed by atoms with van der Waals surface area (Å²) >= 11 is 0. The van der Waals surface area contributed by atoms with Gasteiger partial charge < -0.3 is 20.3 Å². The lowest BCUT2D eigenvalue weighted by Crippen LogP contribution is -2.35. The van der Waals surface area contributed by atoms with E-state index < -0.39 is 30.1 Å². The standard InChI is InChI=1S/C7H10BNO5/c8-5-1-3(4(2-10)13-5)14-7(12)6(9)11/h3-5,10H,1-2H2,(H2,9,11)/t3-,4-,5-/m1/s1. The number of ether oxygens (including phenoxy) is 2. The van der Waals surface area contributed by atoms with Crippen LogP contribution in [0.3, 0.4) is 0 Å². The topological polar surface area (TPSA) is 98.9 Å². The number of carbonyl (C=O) groups is 2. The molecule has 1 aliphatic rings. The van der Waals surface area contributed by atoms with E-state index in [1.807, 2.05) is 0 Å². The highest BCUT2D eigenvalue weighted by Crippen LogP contribution is 2.21. The zero-order chi connectivity index (χ0) is 10.7. The van der Waals surface area contributed by atoms with Crippen molar-refractivity contribution < 1.29 is 24.2 Å². The van der Waals surface area contributed by atoms with Crippen LogP contribution in [0.4, 0.5) is 0 Å². The minimum Gasteiger partial charge on any atom is -0.452 e. The molecule has 0 aromatic carbocycles. The number of aliphatic hydroxyl groups excluding tert-OH is 1. The molecular formula is C7H10BNO5. The molecule has 3 N–H and O–H groups in total. The number of rotatable bonds is 2. The Hall–Kier alpha value is -1.08. The second-order valence-electron chi connectivity index (χ2n) is 2.94. The first-order chi connectivity index (χ1) is 6.54. The molecule has 0 spiro atoms. The molecule has 2 radical (unpaired) electrons. The molecule has 1 heterocycles. The molecule has 0 saturated carbocycles. The van der Waals surface area contributed by atoms with Crippen LogP contribution in [0.1, 0.15) is 6.42 Å². The van der Waals surface area contributed by atoms with Crippen LogP contribution in [0, 0.1) is 0 Å². The van der Waals surface area contributed by atoms with Crippen LogP contribution in [0.5, 0.6) is 0 Å². The summed E-state index contributed by atoms with van der Waals surface area (Å²) in [5.74, 6) is -2.33. The summed E-state index contributed by atoms with van der Waals surface area (Å²) in [4.78, 5) is 21.2. The Morgan fingerprint density at radius 2 is 2.29 bits per heavy atom. The second-order valence-corrected chi connectivity index (χ2v) is 2.94. The number of carbonyl (C=O) groups excluding carboxylic acids is 2. The molecule has 3 atom stereocenters. The molecule has 1 amide bonds. The fourth-order valence-corrected chi connectivity index (χ4v) is 1.23. The molecule has 76 valence electrons. The Morgan fingerprint density at radius 3 is 2.79 bits per heavy atom. The minimum atomic E-state index is -1.18. The third-order valence-corrected chi connectivity index (χ3v) is 1.87. The maximum atomic E-state index is 10.8. The van der Waals surface area contributed by atoms with E-state index in [0.29, 0.717) is 0 Å². The van der Waals surface area contributed by atoms with Crippen LogP contribution in [0.2, 0.25) is 0 Å². The summed E-state index contributed by atoms with van der Waals surface area (Å²) in [6.45, 7) is -0.329. The van der Waals surface area contributed by atoms with Crippen molar-refractivity contribution in [3.63, 3.8) is 0 Å². The van der Waals surface area contributed by atoms with Gasteiger partial charge in [0.25, 0.3) is 0 Å². The Balaban J connectivity index is 2.51. The summed E-state index contributed by atoms with van der Waals surface area (Å²) in [5, 5.41) is 8.82. The zero-order valence-electron chi connectivity index (χ0n) is 7.38. The van der Waals surface area contributed by atoms with Crippen molar-refractivity contribution >= 4 is 19.7 Å². The van der Waals surface area contributed by atoms with E-state index in [4.69, 9.17) is 17.7 Å². The predicted molar refractivity (Wildman–Crippen MR) is 45.2 cm³/mol. The predicted octanol–water partition coefficient (Wildman–Crippen LogP) is -2.34. The maximum Gasteiger partial charge on any atom is 0.396 e. The molecule has 0 bridgehead atoms. The van der Waals surface area contributed by atoms with Gasteiger partial charge in [-0.05, 0) is 0 Å². The van der Waals surface area contributed by atoms with Gasteiger partial charge in [0.05, 0.1) is 6.61 Å². The molecule has 6 nitrogen and oxygen atoms in total. The number of amides is 1. The van der Waals surface area contributed by atoms with E-state index in [9.17, 15) is 9.59 Å². The number of primary amides is 1. The van der Waals surface area contributed by atoms with Crippen molar-refractivity contribution in [1.29, 1.82) is 0 Å². The summed E-state index contributed by atoms with van der Waals surface area (Å²) in [7, 11) is 5.40. The van der Waals surface area contributed by atoms with Gasteiger partial charge in [-0.3, -0.25) is 4.79 Å². The van der Waals surface area contributed by atoms with Gasteiger partial charge in [-0.1, -0.05) is 0 Å². The third kappa shape index (κ3) is 2.46. The normalized spacial score (nSPS) is 31.4. The molecule has 0 aromatic rings. The van der Waals surface area contributed by atoms with E-state index >= 15 is 0 Å². The fraction of sp³-hybridized carbons (Fsp3) is 0.714. The van der Waals surface area contributed by atoms with Gasteiger partial charge in [-0.15, -0.1) is 0 Å². The van der Waals surface area contributed by atoms with Gasteiger partial charge in [0.2, 0.25) is 0 Å². The molecule has 1 rings (SSSR count). The zero-order valence-corrected chi connectivity index (χ0v) is 7.38. The van der Waals surface area contributed by atoms with Crippen molar-refractivity contribution in [1.82, 2.24) is 0 Å². The highest BCUT2D eigenvalue weighted by atomic mass is 16.6. The Labute approximate surface area is 81.8 Å². The monoisotopic (exact) mass is 199 g/mol. The van der Waals surface area contributed by atoms with Gasteiger partial charge in [-0.25, -0.2) is 4.79 Å². The van der Waals surface area contributed by atoms with Crippen molar-refractivity contribution in [3.8, 4) is 0 Å². The van der Waals surface area contributed by atoms with Crippen LogP contribution in [-0.2, 0) is 19.1 Å². The van der Waals surface area contributed by atoms with E-state index in [-0.39, 0.29) is 13.0 Å². The molecule has 1 fully saturated rings. The largest absolute Gasteiger partial charge is 0.452 e. The molecule has 0 unspecified atom stereocenters. The van der Waals surface area contributed by atoms with Crippen molar-refractivity contribution in [3.05, 3.63) is 0 Å². The van der Waals surface area contributed by atoms with Gasteiger partial charge in [0.1, 0.15) is 20.1 Å². The van der Waals surface area contributed by atoms with Crippen molar-refractivity contribution in [2.45, 2.75) is 24.6 Å². The molecular weight excluding hydrogens is 189 g/mol. The van der Waals surface area contributed by atoms with Crippen LogP contribution < -0.4 is 5.73 Å². The highest BCUT2D eigenvalue weighted by molar-refractivity contribution is 6.31. The lowest BCUT2D eigenvalue weighted by atomic mass is 9.96. The lowest BCUT2D eigenvalue weighted by Gasteiger charge is -2.15. The molecule has 1 saturated heterocycles. The van der Waals surface area contributed by atoms with Gasteiger partial charge in [-0.2, -0.15) is 0 Å². The van der Waals surface area contributed by atoms with Crippen LogP contribution in [0.25, 0.3) is 0 Å². The Kier molecular flexibility index (Phi) is 3.48. The van der Waals surface area contributed by atoms with Gasteiger partial charge >= 0.3 is 11.9 Å². The van der Waals surface area contributed by atoms with Crippen molar-refractivity contribution in [2.24, 2.45) is 5.73 Å². The fourth-order valence-electron chi connectivity index (χ4n) is 1.23. The summed E-state index contributed by atoms with van der Waals surface area (Å²) < 4.78 is 9.67. The second kappa shape index (κ2) is 4.43. The summed E-state index contributed by atoms with van der Waals surface area (Å²) in [6.07, 6.45) is -1.16. The summed E-state index contributed by atoms with van der Waals surface area (Å²) in [5.41, 5.74) is 4.69. The average Bonchev–Trinajstić information content (AvgIpc) is 2.45. The van der Waals surface area contributed by atoms with E-state index in [1.54, 1.807) is 0 Å². The first kappa shape index (κ1) is 11.0. The number of aliphatic hydroxyl groups is 1. The van der Waals surface area contributed by atoms with Crippen LogP contribution >= 0.6 is 0 Å². The van der Waals surface area contributed by atoms with E-state index in [2.05, 4.69) is 10.5 Å². The molecule has 14 heavy (non-hydrogen) atoms. The number of hydrogen-bond acceptors (Lipinski definition) is 5. The first-order valence-corrected chi connectivity index (χ1v) is 4.07. The smallest absolute Gasteiger partial charge is 0.396 e. The van der Waals surface area contributed by atoms with Crippen LogP contribution in [-0.4, -0.2) is 49.6 Å². The Morgan fingerprint density at radius 1 is 1.64 bits per heavy atom. The van der Waals surface area contributed by atoms with Gasteiger partial charge in [0.15, 0.2) is 0 Å². The average molecular weight is 199 g/mol. The molecule has 1 aliphatic heterocycles. The number of esters is 1. The number of nitrogens with two attached hydrogens (primary N) is 1.